The Balaban J connectivity index is 2.14. The predicted molar refractivity (Wildman–Crippen MR) is 73.7 cm³/mol. The molecule has 0 aliphatic carbocycles. The topological polar surface area (TPSA) is 52.7 Å². The maximum absolute atomic E-state index is 12.6. The second-order valence-electron chi connectivity index (χ2n) is 6.43. The number of rotatable bonds is 1. The summed E-state index contributed by atoms with van der Waals surface area (Å²) >= 11 is 0. The number of piperidine rings is 1. The summed E-state index contributed by atoms with van der Waals surface area (Å²) in [7, 11) is 2.13. The Hall–Kier alpha value is -1.10. The van der Waals surface area contributed by atoms with Crippen LogP contribution in [0.15, 0.2) is 0 Å². The molecule has 2 atom stereocenters. The Bertz CT molecular complexity index is 381. The molecule has 2 rings (SSSR count). The molecule has 0 aromatic carbocycles. The van der Waals surface area contributed by atoms with Gasteiger partial charge in [-0.2, -0.15) is 0 Å². The quantitative estimate of drug-likeness (QED) is 0.757. The van der Waals surface area contributed by atoms with Crippen molar-refractivity contribution in [2.45, 2.75) is 57.7 Å². The average molecular weight is 267 g/mol. The zero-order valence-electron chi connectivity index (χ0n) is 12.4. The number of nitrogens with one attached hydrogen (secondary N) is 1. The molecular formula is C14H25N3O2. The van der Waals surface area contributed by atoms with Crippen molar-refractivity contribution >= 4 is 11.8 Å². The van der Waals surface area contributed by atoms with Crippen molar-refractivity contribution in [1.82, 2.24) is 15.1 Å². The molecule has 2 aliphatic heterocycles. The fourth-order valence-electron chi connectivity index (χ4n) is 3.04. The molecule has 0 aromatic rings. The number of hydrogen-bond donors (Lipinski definition) is 1. The van der Waals surface area contributed by atoms with Crippen LogP contribution in [0.3, 0.4) is 0 Å². The van der Waals surface area contributed by atoms with Gasteiger partial charge in [0.25, 0.3) is 0 Å². The minimum absolute atomic E-state index is 0.0261. The molecule has 2 fully saturated rings. The largest absolute Gasteiger partial charge is 0.342 e. The van der Waals surface area contributed by atoms with E-state index in [2.05, 4.69) is 24.2 Å². The SMILES string of the molecule is CC1CC(N2CCC(=O)NC(C)(C)C2=O)CCN1C. The lowest BCUT2D eigenvalue weighted by Gasteiger charge is -2.42. The third-order valence-corrected chi connectivity index (χ3v) is 4.45. The third-order valence-electron chi connectivity index (χ3n) is 4.45. The Labute approximate surface area is 115 Å². The van der Waals surface area contributed by atoms with Gasteiger partial charge in [-0.15, -0.1) is 0 Å². The highest BCUT2D eigenvalue weighted by Gasteiger charge is 2.40. The van der Waals surface area contributed by atoms with E-state index in [0.29, 0.717) is 19.0 Å². The van der Waals surface area contributed by atoms with Crippen molar-refractivity contribution in [3.8, 4) is 0 Å². The number of hydrogen-bond acceptors (Lipinski definition) is 3. The zero-order chi connectivity index (χ0) is 14.2. The summed E-state index contributed by atoms with van der Waals surface area (Å²) in [5.74, 6) is 0.0296. The minimum atomic E-state index is -0.778. The molecule has 2 aliphatic rings. The van der Waals surface area contributed by atoms with Crippen molar-refractivity contribution in [3.63, 3.8) is 0 Å². The molecular weight excluding hydrogens is 242 g/mol. The van der Waals surface area contributed by atoms with Crippen molar-refractivity contribution < 1.29 is 9.59 Å². The second kappa shape index (κ2) is 5.12. The molecule has 0 bridgehead atoms. The van der Waals surface area contributed by atoms with Gasteiger partial charge in [0.1, 0.15) is 5.54 Å². The third kappa shape index (κ3) is 2.91. The van der Waals surface area contributed by atoms with Gasteiger partial charge >= 0.3 is 0 Å². The van der Waals surface area contributed by atoms with Crippen LogP contribution in [-0.2, 0) is 9.59 Å². The molecule has 2 heterocycles. The summed E-state index contributed by atoms with van der Waals surface area (Å²) in [4.78, 5) is 28.5. The highest BCUT2D eigenvalue weighted by molar-refractivity contribution is 5.93. The highest BCUT2D eigenvalue weighted by Crippen LogP contribution is 2.24. The lowest BCUT2D eigenvalue weighted by Crippen LogP contribution is -2.57. The van der Waals surface area contributed by atoms with Crippen LogP contribution < -0.4 is 5.32 Å². The van der Waals surface area contributed by atoms with Crippen molar-refractivity contribution in [2.24, 2.45) is 0 Å². The normalized spacial score (nSPS) is 32.9. The molecule has 0 aromatic heterocycles. The first-order valence-corrected chi connectivity index (χ1v) is 7.13. The molecule has 0 saturated carbocycles. The molecule has 2 saturated heterocycles. The molecule has 19 heavy (non-hydrogen) atoms. The molecule has 108 valence electrons. The molecule has 5 heteroatoms. The van der Waals surface area contributed by atoms with E-state index in [9.17, 15) is 9.59 Å². The minimum Gasteiger partial charge on any atom is -0.342 e. The summed E-state index contributed by atoms with van der Waals surface area (Å²) in [6.45, 7) is 7.35. The van der Waals surface area contributed by atoms with E-state index in [-0.39, 0.29) is 17.9 Å². The van der Waals surface area contributed by atoms with Crippen LogP contribution in [0, 0.1) is 0 Å². The van der Waals surface area contributed by atoms with Gasteiger partial charge in [-0.05, 0) is 40.7 Å². The number of likely N-dealkylation sites (tertiary alicyclic amines) is 1. The number of nitrogens with zero attached hydrogens (tertiary/aromatic N) is 2. The molecule has 2 amide bonds. The van der Waals surface area contributed by atoms with Gasteiger partial charge in [0, 0.05) is 31.6 Å². The first kappa shape index (κ1) is 14.3. The maximum Gasteiger partial charge on any atom is 0.248 e. The van der Waals surface area contributed by atoms with E-state index in [4.69, 9.17) is 0 Å². The van der Waals surface area contributed by atoms with E-state index in [1.54, 1.807) is 13.8 Å². The van der Waals surface area contributed by atoms with Crippen LogP contribution in [0.5, 0.6) is 0 Å². The van der Waals surface area contributed by atoms with Gasteiger partial charge in [0.2, 0.25) is 11.8 Å². The molecule has 0 radical (unpaired) electrons. The summed E-state index contributed by atoms with van der Waals surface area (Å²) in [5.41, 5.74) is -0.778. The van der Waals surface area contributed by atoms with E-state index < -0.39 is 5.54 Å². The van der Waals surface area contributed by atoms with Gasteiger partial charge < -0.3 is 15.1 Å². The summed E-state index contributed by atoms with van der Waals surface area (Å²) in [5, 5.41) is 2.82. The van der Waals surface area contributed by atoms with Crippen LogP contribution in [0.1, 0.15) is 40.0 Å². The second-order valence-corrected chi connectivity index (χ2v) is 6.43. The van der Waals surface area contributed by atoms with Gasteiger partial charge in [-0.1, -0.05) is 0 Å². The van der Waals surface area contributed by atoms with E-state index in [0.717, 1.165) is 19.4 Å². The van der Waals surface area contributed by atoms with Crippen molar-refractivity contribution in [3.05, 3.63) is 0 Å². The molecule has 0 spiro atoms. The standard InChI is InChI=1S/C14H25N3O2/c1-10-9-11(5-7-16(10)4)17-8-6-12(18)15-14(2,3)13(17)19/h10-11H,5-9H2,1-4H3,(H,15,18). The lowest BCUT2D eigenvalue weighted by molar-refractivity contribution is -0.140. The van der Waals surface area contributed by atoms with Crippen LogP contribution >= 0.6 is 0 Å². The Morgan fingerprint density at radius 2 is 1.95 bits per heavy atom. The maximum atomic E-state index is 12.6. The smallest absolute Gasteiger partial charge is 0.248 e. The van der Waals surface area contributed by atoms with E-state index in [1.165, 1.54) is 0 Å². The predicted octanol–water partition coefficient (Wildman–Crippen LogP) is 0.596. The summed E-state index contributed by atoms with van der Waals surface area (Å²) < 4.78 is 0. The van der Waals surface area contributed by atoms with E-state index >= 15 is 0 Å². The average Bonchev–Trinajstić information content (AvgIpc) is 2.41. The molecule has 2 unspecified atom stereocenters. The fourth-order valence-corrected chi connectivity index (χ4v) is 3.04. The number of carbonyl (C=O) groups excluding carboxylic acids is 2. The summed E-state index contributed by atoms with van der Waals surface area (Å²) in [6.07, 6.45) is 2.40. The van der Waals surface area contributed by atoms with Crippen LogP contribution in [0.2, 0.25) is 0 Å². The number of carbonyl (C=O) groups is 2. The Kier molecular flexibility index (Phi) is 3.85. The first-order chi connectivity index (χ1) is 8.81. The summed E-state index contributed by atoms with van der Waals surface area (Å²) in [6, 6.07) is 0.757. The van der Waals surface area contributed by atoms with Crippen LogP contribution in [0.25, 0.3) is 0 Å². The lowest BCUT2D eigenvalue weighted by atomic mass is 9.95. The Morgan fingerprint density at radius 3 is 2.58 bits per heavy atom. The van der Waals surface area contributed by atoms with Crippen molar-refractivity contribution in [1.29, 1.82) is 0 Å². The highest BCUT2D eigenvalue weighted by atomic mass is 16.2. The van der Waals surface area contributed by atoms with E-state index in [1.807, 2.05) is 4.90 Å². The van der Waals surface area contributed by atoms with Crippen molar-refractivity contribution in [2.75, 3.05) is 20.1 Å². The zero-order valence-corrected chi connectivity index (χ0v) is 12.4. The van der Waals surface area contributed by atoms with Gasteiger partial charge in [0.15, 0.2) is 0 Å². The van der Waals surface area contributed by atoms with Gasteiger partial charge in [-0.25, -0.2) is 0 Å². The molecule has 1 N–H and O–H groups in total. The van der Waals surface area contributed by atoms with Gasteiger partial charge in [-0.3, -0.25) is 9.59 Å². The first-order valence-electron chi connectivity index (χ1n) is 7.13. The number of amides is 2. The monoisotopic (exact) mass is 267 g/mol. The molecule has 5 nitrogen and oxygen atoms in total. The van der Waals surface area contributed by atoms with Gasteiger partial charge in [0.05, 0.1) is 0 Å². The van der Waals surface area contributed by atoms with Crippen LogP contribution in [-0.4, -0.2) is 59.4 Å². The Morgan fingerprint density at radius 1 is 1.26 bits per heavy atom. The van der Waals surface area contributed by atoms with Crippen LogP contribution in [0.4, 0.5) is 0 Å². The fraction of sp³-hybridized carbons (Fsp3) is 0.857.